The zero-order valence-corrected chi connectivity index (χ0v) is 14.8. The molecule has 0 atom stereocenters. The number of hydrogen-bond acceptors (Lipinski definition) is 4. The van der Waals surface area contributed by atoms with Crippen molar-refractivity contribution < 1.29 is 9.59 Å². The Bertz CT molecular complexity index is 920. The quantitative estimate of drug-likeness (QED) is 0.735. The molecule has 7 nitrogen and oxygen atoms in total. The molecule has 0 aliphatic rings. The van der Waals surface area contributed by atoms with E-state index in [0.29, 0.717) is 24.2 Å². The van der Waals surface area contributed by atoms with Gasteiger partial charge in [0.15, 0.2) is 0 Å². The number of amides is 2. The van der Waals surface area contributed by atoms with E-state index in [1.54, 1.807) is 23.9 Å². The summed E-state index contributed by atoms with van der Waals surface area (Å²) in [5, 5.41) is 10.9. The third-order valence-corrected chi connectivity index (χ3v) is 4.12. The van der Waals surface area contributed by atoms with Crippen LogP contribution in [0.2, 0.25) is 0 Å². The van der Waals surface area contributed by atoms with Crippen molar-refractivity contribution in [3.63, 3.8) is 0 Å². The third-order valence-electron chi connectivity index (χ3n) is 4.12. The van der Waals surface area contributed by atoms with Gasteiger partial charge in [-0.25, -0.2) is 4.68 Å². The van der Waals surface area contributed by atoms with Crippen LogP contribution in [0.1, 0.15) is 22.8 Å². The molecular formula is C19H21N5O2. The van der Waals surface area contributed by atoms with Gasteiger partial charge in [-0.1, -0.05) is 35.5 Å². The highest BCUT2D eigenvalue weighted by Gasteiger charge is 2.16. The summed E-state index contributed by atoms with van der Waals surface area (Å²) in [6, 6.07) is 14.9. The molecule has 26 heavy (non-hydrogen) atoms. The second-order valence-electron chi connectivity index (χ2n) is 6.03. The summed E-state index contributed by atoms with van der Waals surface area (Å²) in [4.78, 5) is 26.0. The number of aromatic nitrogens is 3. The van der Waals surface area contributed by atoms with E-state index in [2.05, 4.69) is 15.6 Å². The molecular weight excluding hydrogens is 330 g/mol. The maximum atomic E-state index is 12.6. The van der Waals surface area contributed by atoms with Crippen LogP contribution < -0.4 is 5.32 Å². The molecule has 0 saturated heterocycles. The molecule has 3 aromatic rings. The van der Waals surface area contributed by atoms with Crippen LogP contribution in [-0.2, 0) is 17.9 Å². The van der Waals surface area contributed by atoms with Crippen molar-refractivity contribution >= 4 is 22.8 Å². The normalized spacial score (nSPS) is 10.7. The van der Waals surface area contributed by atoms with E-state index in [-0.39, 0.29) is 18.4 Å². The topological polar surface area (TPSA) is 80.1 Å². The summed E-state index contributed by atoms with van der Waals surface area (Å²) in [5.74, 6) is -0.435. The number of aryl methyl sites for hydroxylation is 1. The lowest BCUT2D eigenvalue weighted by atomic mass is 10.1. The first-order chi connectivity index (χ1) is 12.6. The molecule has 2 aromatic carbocycles. The first-order valence-corrected chi connectivity index (χ1v) is 8.48. The Morgan fingerprint density at radius 1 is 1.15 bits per heavy atom. The number of benzene rings is 2. The van der Waals surface area contributed by atoms with Crippen LogP contribution in [0.4, 0.5) is 0 Å². The molecule has 0 bridgehead atoms. The summed E-state index contributed by atoms with van der Waals surface area (Å²) in [6.45, 7) is 3.12. The fourth-order valence-electron chi connectivity index (χ4n) is 2.70. The molecule has 0 saturated carbocycles. The molecule has 0 spiro atoms. The van der Waals surface area contributed by atoms with Gasteiger partial charge < -0.3 is 10.2 Å². The van der Waals surface area contributed by atoms with Gasteiger partial charge in [0, 0.05) is 25.7 Å². The minimum Gasteiger partial charge on any atom is -0.350 e. The zero-order chi connectivity index (χ0) is 18.5. The van der Waals surface area contributed by atoms with Crippen LogP contribution in [0, 0.1) is 0 Å². The average molecular weight is 351 g/mol. The van der Waals surface area contributed by atoms with E-state index in [1.807, 2.05) is 43.3 Å². The minimum atomic E-state index is -0.229. The fourth-order valence-corrected chi connectivity index (χ4v) is 2.70. The van der Waals surface area contributed by atoms with Crippen LogP contribution in [0.5, 0.6) is 0 Å². The summed E-state index contributed by atoms with van der Waals surface area (Å²) >= 11 is 0. The van der Waals surface area contributed by atoms with Crippen molar-refractivity contribution in [1.82, 2.24) is 25.2 Å². The van der Waals surface area contributed by atoms with Gasteiger partial charge >= 0.3 is 0 Å². The Labute approximate surface area is 151 Å². The van der Waals surface area contributed by atoms with Gasteiger partial charge in [-0.05, 0) is 30.7 Å². The second-order valence-corrected chi connectivity index (χ2v) is 6.03. The zero-order valence-electron chi connectivity index (χ0n) is 14.8. The highest BCUT2D eigenvalue weighted by atomic mass is 16.2. The van der Waals surface area contributed by atoms with Gasteiger partial charge in [-0.15, -0.1) is 5.10 Å². The molecule has 2 amide bonds. The molecule has 134 valence electrons. The molecule has 3 rings (SSSR count). The summed E-state index contributed by atoms with van der Waals surface area (Å²) in [7, 11) is 1.61. The molecule has 1 aromatic heterocycles. The van der Waals surface area contributed by atoms with Crippen LogP contribution in [0.15, 0.2) is 48.5 Å². The fraction of sp³-hybridized carbons (Fsp3) is 0.263. The van der Waals surface area contributed by atoms with Gasteiger partial charge in [0.1, 0.15) is 5.52 Å². The van der Waals surface area contributed by atoms with E-state index in [9.17, 15) is 9.59 Å². The highest BCUT2D eigenvalue weighted by molar-refractivity contribution is 5.98. The molecule has 1 N–H and O–H groups in total. The van der Waals surface area contributed by atoms with Gasteiger partial charge in [0.2, 0.25) is 5.91 Å². The van der Waals surface area contributed by atoms with Crippen molar-refractivity contribution in [1.29, 1.82) is 0 Å². The Hall–Kier alpha value is -3.22. The average Bonchev–Trinajstić information content (AvgIpc) is 3.08. The molecule has 0 aliphatic heterocycles. The first-order valence-electron chi connectivity index (χ1n) is 8.48. The first kappa shape index (κ1) is 17.6. The molecule has 0 unspecified atom stereocenters. The largest absolute Gasteiger partial charge is 0.350 e. The van der Waals surface area contributed by atoms with Crippen molar-refractivity contribution in [2.45, 2.75) is 20.0 Å². The number of rotatable bonds is 6. The van der Waals surface area contributed by atoms with Gasteiger partial charge in [0.25, 0.3) is 5.91 Å². The number of nitrogens with zero attached hydrogens (tertiary/aromatic N) is 4. The van der Waals surface area contributed by atoms with Crippen molar-refractivity contribution in [2.75, 3.05) is 13.6 Å². The van der Waals surface area contributed by atoms with Crippen molar-refractivity contribution in [2.24, 2.45) is 0 Å². The minimum absolute atomic E-state index is 0.00858. The summed E-state index contributed by atoms with van der Waals surface area (Å²) in [5.41, 5.74) is 3.05. The molecule has 7 heteroatoms. The number of fused-ring (bicyclic) bond motifs is 1. The Morgan fingerprint density at radius 2 is 1.92 bits per heavy atom. The van der Waals surface area contributed by atoms with Crippen molar-refractivity contribution in [3.8, 4) is 0 Å². The molecule has 1 heterocycles. The van der Waals surface area contributed by atoms with E-state index in [0.717, 1.165) is 11.1 Å². The van der Waals surface area contributed by atoms with Gasteiger partial charge in [-0.3, -0.25) is 9.59 Å². The van der Waals surface area contributed by atoms with E-state index >= 15 is 0 Å². The van der Waals surface area contributed by atoms with E-state index in [1.165, 1.54) is 4.90 Å². The lowest BCUT2D eigenvalue weighted by Gasteiger charge is -2.17. The number of likely N-dealkylation sites (N-methyl/N-ethyl adjacent to an activating group) is 1. The van der Waals surface area contributed by atoms with Crippen molar-refractivity contribution in [3.05, 3.63) is 59.7 Å². The summed E-state index contributed by atoms with van der Waals surface area (Å²) in [6.07, 6.45) is 0. The molecule has 0 fully saturated rings. The number of nitrogens with one attached hydrogen (secondary N) is 1. The second kappa shape index (κ2) is 7.77. The van der Waals surface area contributed by atoms with Crippen LogP contribution in [0.25, 0.3) is 11.0 Å². The predicted molar refractivity (Wildman–Crippen MR) is 98.5 cm³/mol. The Balaban J connectivity index is 1.61. The van der Waals surface area contributed by atoms with Crippen LogP contribution in [-0.4, -0.2) is 45.3 Å². The number of hydrogen-bond donors (Lipinski definition) is 1. The summed E-state index contributed by atoms with van der Waals surface area (Å²) < 4.78 is 1.77. The molecule has 0 radical (unpaired) electrons. The number of carbonyl (C=O) groups is 2. The smallest absolute Gasteiger partial charge is 0.254 e. The lowest BCUT2D eigenvalue weighted by molar-refractivity contribution is -0.121. The monoisotopic (exact) mass is 351 g/mol. The SMILES string of the molecule is CCn1nnc2cc(C(=O)N(C)CC(=O)NCc3ccccc3)ccc21. The van der Waals surface area contributed by atoms with Gasteiger partial charge in [-0.2, -0.15) is 0 Å². The maximum absolute atomic E-state index is 12.6. The third kappa shape index (κ3) is 3.88. The number of carbonyl (C=O) groups excluding carboxylic acids is 2. The van der Waals surface area contributed by atoms with Gasteiger partial charge in [0.05, 0.1) is 12.1 Å². The van der Waals surface area contributed by atoms with E-state index < -0.39 is 0 Å². The standard InChI is InChI=1S/C19H21N5O2/c1-3-24-17-10-9-15(11-16(17)21-22-24)19(26)23(2)13-18(25)20-12-14-7-5-4-6-8-14/h4-11H,3,12-13H2,1-2H3,(H,20,25). The van der Waals surface area contributed by atoms with Crippen LogP contribution in [0.3, 0.4) is 0 Å². The molecule has 0 aliphatic carbocycles. The lowest BCUT2D eigenvalue weighted by Crippen LogP contribution is -2.38. The predicted octanol–water partition coefficient (Wildman–Crippen LogP) is 1.84. The van der Waals surface area contributed by atoms with Crippen LogP contribution >= 0.6 is 0 Å². The Kier molecular flexibility index (Phi) is 5.26. The van der Waals surface area contributed by atoms with E-state index in [4.69, 9.17) is 0 Å². The Morgan fingerprint density at radius 3 is 2.65 bits per heavy atom. The highest BCUT2D eigenvalue weighted by Crippen LogP contribution is 2.14. The maximum Gasteiger partial charge on any atom is 0.254 e.